The van der Waals surface area contributed by atoms with Gasteiger partial charge in [0, 0.05) is 16.5 Å². The number of phenols is 1. The summed E-state index contributed by atoms with van der Waals surface area (Å²) in [6, 6.07) is 24.9. The molecule has 1 heterocycles. The molecule has 0 fully saturated rings. The quantitative estimate of drug-likeness (QED) is 0.0424. The molecular weight excluding hydrogens is 947 g/mol. The fourth-order valence-electron chi connectivity index (χ4n) is 6.63. The summed E-state index contributed by atoms with van der Waals surface area (Å²) in [5.74, 6) is -2.06. The molecule has 0 aliphatic heterocycles. The standard InChI is InChI=1S/C39H27N9O14S4/c49-36-32-22(18-31(66(60,61)62)34(36)48-46-29-19-25(64(54,55)56)16-21-15-24(63(51,52)53)13-14-27(21)29)17-30(65(57,58)59)33(47-45-28-12-6-8-20-7-4-5-11-26(20)28)35(32)41-38-42-37(43-39(50)44-38)40-23-9-2-1-3-10-23/h1-19,49H,(H,51,52,53)(H,54,55,56)(H,57,58,59)(H,60,61,62)(H3,40,41,42,43,44,50)/b47-45+,48-46+. The van der Waals surface area contributed by atoms with Crippen LogP contribution in [0.5, 0.6) is 11.8 Å². The zero-order chi connectivity index (χ0) is 47.3. The average Bonchev–Trinajstić information content (AvgIpc) is 3.23. The Bertz CT molecular complexity index is 3850. The van der Waals surface area contributed by atoms with Gasteiger partial charge in [-0.15, -0.1) is 20.5 Å². The minimum atomic E-state index is -5.48. The molecule has 27 heteroatoms. The Morgan fingerprint density at radius 2 is 1.02 bits per heavy atom. The van der Waals surface area contributed by atoms with E-state index in [1.165, 1.54) is 6.07 Å². The van der Waals surface area contributed by atoms with Crippen molar-refractivity contribution in [3.05, 3.63) is 115 Å². The molecule has 8 rings (SSSR count). The number of fused-ring (bicyclic) bond motifs is 3. The average molecular weight is 974 g/mol. The van der Waals surface area contributed by atoms with E-state index in [2.05, 4.69) is 46.0 Å². The summed E-state index contributed by atoms with van der Waals surface area (Å²) >= 11 is 0. The number of para-hydroxylation sites is 1. The maximum Gasteiger partial charge on any atom is 0.320 e. The first-order chi connectivity index (χ1) is 31.0. The van der Waals surface area contributed by atoms with E-state index in [0.717, 1.165) is 30.3 Å². The number of azo groups is 2. The largest absolute Gasteiger partial charge is 0.505 e. The molecule has 0 radical (unpaired) electrons. The van der Waals surface area contributed by atoms with Crippen molar-refractivity contribution in [3.8, 4) is 11.8 Å². The monoisotopic (exact) mass is 973 g/mol. The molecule has 8 aromatic rings. The van der Waals surface area contributed by atoms with Crippen molar-refractivity contribution in [2.24, 2.45) is 20.5 Å². The number of hydrogen-bond acceptors (Lipinski definition) is 19. The molecule has 0 aliphatic rings. The first kappa shape index (κ1) is 45.0. The summed E-state index contributed by atoms with van der Waals surface area (Å²) < 4.78 is 141. The van der Waals surface area contributed by atoms with E-state index in [-0.39, 0.29) is 22.4 Å². The molecule has 23 nitrogen and oxygen atoms in total. The molecule has 336 valence electrons. The van der Waals surface area contributed by atoms with E-state index in [1.807, 2.05) is 0 Å². The summed E-state index contributed by atoms with van der Waals surface area (Å²) in [7, 11) is -20.8. The van der Waals surface area contributed by atoms with Crippen LogP contribution in [0.3, 0.4) is 0 Å². The first-order valence-corrected chi connectivity index (χ1v) is 24.0. The van der Waals surface area contributed by atoms with Crippen LogP contribution in [0, 0.1) is 0 Å². The highest BCUT2D eigenvalue weighted by molar-refractivity contribution is 7.86. The summed E-state index contributed by atoms with van der Waals surface area (Å²) in [5, 5.41) is 44.1. The predicted octanol–water partition coefficient (Wildman–Crippen LogP) is 8.05. The molecule has 1 aromatic heterocycles. The lowest BCUT2D eigenvalue weighted by Crippen LogP contribution is -2.07. The minimum absolute atomic E-state index is 0.0990. The molecule has 0 aliphatic carbocycles. The van der Waals surface area contributed by atoms with Crippen molar-refractivity contribution in [2.75, 3.05) is 10.6 Å². The van der Waals surface area contributed by atoms with E-state index in [1.54, 1.807) is 66.7 Å². The lowest BCUT2D eigenvalue weighted by molar-refractivity contribution is 0.430. The van der Waals surface area contributed by atoms with Crippen molar-refractivity contribution in [2.45, 2.75) is 19.6 Å². The number of benzene rings is 7. The molecule has 0 saturated heterocycles. The minimum Gasteiger partial charge on any atom is -0.505 e. The molecule has 0 amide bonds. The number of rotatable bonds is 12. The molecule has 0 unspecified atom stereocenters. The first-order valence-electron chi connectivity index (χ1n) is 18.2. The second kappa shape index (κ2) is 16.7. The lowest BCUT2D eigenvalue weighted by Gasteiger charge is -2.17. The van der Waals surface area contributed by atoms with E-state index in [9.17, 15) is 62.1 Å². The number of anilines is 4. The van der Waals surface area contributed by atoms with Crippen LogP contribution in [-0.2, 0) is 40.5 Å². The van der Waals surface area contributed by atoms with Crippen LogP contribution in [0.25, 0.3) is 32.3 Å². The molecule has 0 spiro atoms. The van der Waals surface area contributed by atoms with Gasteiger partial charge < -0.3 is 20.8 Å². The predicted molar refractivity (Wildman–Crippen MR) is 236 cm³/mol. The number of aromatic hydroxyl groups is 2. The lowest BCUT2D eigenvalue weighted by atomic mass is 10.0. The van der Waals surface area contributed by atoms with Gasteiger partial charge in [0.25, 0.3) is 40.5 Å². The Labute approximate surface area is 371 Å². The van der Waals surface area contributed by atoms with Crippen molar-refractivity contribution in [1.29, 1.82) is 0 Å². The smallest absolute Gasteiger partial charge is 0.320 e. The Balaban J connectivity index is 1.43. The highest BCUT2D eigenvalue weighted by Crippen LogP contribution is 2.50. The Morgan fingerprint density at radius 1 is 0.455 bits per heavy atom. The number of hydrogen-bond donors (Lipinski definition) is 8. The van der Waals surface area contributed by atoms with Crippen LogP contribution in [0.4, 0.5) is 46.0 Å². The van der Waals surface area contributed by atoms with Crippen molar-refractivity contribution < 1.29 is 62.1 Å². The third kappa shape index (κ3) is 9.29. The van der Waals surface area contributed by atoms with Gasteiger partial charge in [-0.1, -0.05) is 60.7 Å². The number of nitrogens with zero attached hydrogens (tertiary/aromatic N) is 7. The van der Waals surface area contributed by atoms with Gasteiger partial charge in [-0.25, -0.2) is 0 Å². The highest BCUT2D eigenvalue weighted by atomic mass is 32.2. The summed E-state index contributed by atoms with van der Waals surface area (Å²) in [6.45, 7) is 0. The van der Waals surface area contributed by atoms with Gasteiger partial charge in [0.05, 0.1) is 32.2 Å². The van der Waals surface area contributed by atoms with Crippen molar-refractivity contribution in [1.82, 2.24) is 15.0 Å². The van der Waals surface area contributed by atoms with Crippen LogP contribution >= 0.6 is 0 Å². The van der Waals surface area contributed by atoms with Crippen LogP contribution in [0.15, 0.2) is 155 Å². The Kier molecular flexibility index (Phi) is 11.4. The summed E-state index contributed by atoms with van der Waals surface area (Å²) in [4.78, 5) is 8.05. The molecular formula is C39H27N9O14S4. The van der Waals surface area contributed by atoms with Gasteiger partial charge in [-0.3, -0.25) is 18.2 Å². The maximum atomic E-state index is 13.2. The van der Waals surface area contributed by atoms with Gasteiger partial charge in [0.1, 0.15) is 21.2 Å². The summed E-state index contributed by atoms with van der Waals surface area (Å²) in [6.07, 6.45) is 0. The molecule has 8 N–H and O–H groups in total. The fraction of sp³-hybridized carbons (Fsp3) is 0. The van der Waals surface area contributed by atoms with E-state index in [4.69, 9.17) is 0 Å². The molecule has 0 saturated carbocycles. The van der Waals surface area contributed by atoms with Gasteiger partial charge in [0.15, 0.2) is 5.75 Å². The van der Waals surface area contributed by atoms with E-state index < -0.39 is 111 Å². The van der Waals surface area contributed by atoms with Crippen molar-refractivity contribution in [3.63, 3.8) is 0 Å². The van der Waals surface area contributed by atoms with Gasteiger partial charge in [0.2, 0.25) is 11.9 Å². The van der Waals surface area contributed by atoms with Gasteiger partial charge >= 0.3 is 6.01 Å². The van der Waals surface area contributed by atoms with E-state index in [0.29, 0.717) is 28.6 Å². The number of nitrogens with one attached hydrogen (secondary N) is 2. The molecule has 7 aromatic carbocycles. The van der Waals surface area contributed by atoms with Crippen LogP contribution in [-0.4, -0.2) is 77.0 Å². The normalized spacial score (nSPS) is 12.7. The number of aromatic nitrogens is 3. The van der Waals surface area contributed by atoms with E-state index >= 15 is 0 Å². The Hall–Kier alpha value is -7.63. The molecule has 66 heavy (non-hydrogen) atoms. The zero-order valence-corrected chi connectivity index (χ0v) is 35.9. The van der Waals surface area contributed by atoms with Gasteiger partial charge in [-0.2, -0.15) is 48.6 Å². The molecule has 0 atom stereocenters. The van der Waals surface area contributed by atoms with Gasteiger partial charge in [-0.05, 0) is 70.8 Å². The maximum absolute atomic E-state index is 13.2. The SMILES string of the molecule is O=S(=O)(O)c1ccc2c(/N=N/c3c(S(=O)(=O)O)cc4cc(S(=O)(=O)O)c(/N=N/c5cccc6ccccc56)c(Nc5nc(O)nc(Nc6ccccc6)n5)c4c3O)cc(S(=O)(=O)O)cc2c1. The third-order valence-electron chi connectivity index (χ3n) is 9.48. The highest BCUT2D eigenvalue weighted by Gasteiger charge is 2.30. The Morgan fingerprint density at radius 3 is 1.68 bits per heavy atom. The summed E-state index contributed by atoms with van der Waals surface area (Å²) in [5.41, 5.74) is -2.39. The van der Waals surface area contributed by atoms with Crippen LogP contribution in [0.2, 0.25) is 0 Å². The third-order valence-corrected chi connectivity index (χ3v) is 12.9. The number of phenolic OH excluding ortho intramolecular Hbond substituents is 1. The topological polar surface area (TPSA) is 370 Å². The fourth-order valence-corrected chi connectivity index (χ4v) is 9.00. The van der Waals surface area contributed by atoms with Crippen LogP contribution < -0.4 is 10.6 Å². The van der Waals surface area contributed by atoms with Crippen LogP contribution in [0.1, 0.15) is 0 Å². The van der Waals surface area contributed by atoms with Crippen molar-refractivity contribution >= 4 is 119 Å². The second-order valence-electron chi connectivity index (χ2n) is 13.8. The molecule has 0 bridgehead atoms. The zero-order valence-electron chi connectivity index (χ0n) is 32.7. The second-order valence-corrected chi connectivity index (χ2v) is 19.4.